The summed E-state index contributed by atoms with van der Waals surface area (Å²) >= 11 is 3.20. The Morgan fingerprint density at radius 1 is 1.73 bits per heavy atom. The molecule has 1 aromatic rings. The summed E-state index contributed by atoms with van der Waals surface area (Å²) in [6.45, 7) is 1.80. The fraction of sp³-hybridized carbons (Fsp3) is 0.250. The van der Waals surface area contributed by atoms with E-state index in [0.717, 1.165) is 0 Å². The predicted molar refractivity (Wildman–Crippen MR) is 47.0 cm³/mol. The maximum Gasteiger partial charge on any atom is 0.177 e. The van der Waals surface area contributed by atoms with Crippen LogP contribution in [0.2, 0.25) is 0 Å². The zero-order valence-electron chi connectivity index (χ0n) is 6.12. The Morgan fingerprint density at radius 3 is 2.91 bits per heavy atom. The lowest BCUT2D eigenvalue weighted by Gasteiger charge is -1.99. The van der Waals surface area contributed by atoms with Gasteiger partial charge in [-0.05, 0) is 19.1 Å². The van der Waals surface area contributed by atoms with E-state index in [1.807, 2.05) is 0 Å². The third-order valence-corrected chi connectivity index (χ3v) is 1.72. The molecule has 1 rings (SSSR count). The van der Waals surface area contributed by atoms with Gasteiger partial charge in [0.1, 0.15) is 0 Å². The van der Waals surface area contributed by atoms with Gasteiger partial charge < -0.3 is 0 Å². The number of rotatable bonds is 2. The molecule has 0 spiro atoms. The third-order valence-electron chi connectivity index (χ3n) is 1.31. The molecule has 11 heavy (non-hydrogen) atoms. The summed E-state index contributed by atoms with van der Waals surface area (Å²) in [6, 6.07) is 3.51. The molecule has 1 unspecified atom stereocenters. The Bertz CT molecular complexity index is 246. The molecule has 0 saturated carbocycles. The number of carbonyl (C=O) groups excluding carboxylic acids is 1. The van der Waals surface area contributed by atoms with E-state index in [9.17, 15) is 4.79 Å². The molecule has 0 radical (unpaired) electrons. The zero-order valence-corrected chi connectivity index (χ0v) is 7.71. The van der Waals surface area contributed by atoms with E-state index in [1.54, 1.807) is 31.5 Å². The monoisotopic (exact) mass is 213 g/mol. The summed E-state index contributed by atoms with van der Waals surface area (Å²) in [6.07, 6.45) is 3.22. The molecule has 0 aliphatic rings. The minimum absolute atomic E-state index is 0.0677. The molecule has 0 fully saturated rings. The first kappa shape index (κ1) is 8.40. The Kier molecular flexibility index (Phi) is 2.76. The zero-order chi connectivity index (χ0) is 8.27. The quantitative estimate of drug-likeness (QED) is 0.557. The van der Waals surface area contributed by atoms with Crippen molar-refractivity contribution < 1.29 is 4.79 Å². The molecule has 1 atom stereocenters. The molecular formula is C8H8BrNO. The molecule has 3 heteroatoms. The van der Waals surface area contributed by atoms with Crippen molar-refractivity contribution in [3.8, 4) is 0 Å². The second-order valence-electron chi connectivity index (χ2n) is 2.22. The first-order valence-corrected chi connectivity index (χ1v) is 4.21. The van der Waals surface area contributed by atoms with Crippen LogP contribution in [0, 0.1) is 0 Å². The Morgan fingerprint density at radius 2 is 2.45 bits per heavy atom. The number of pyridine rings is 1. The van der Waals surface area contributed by atoms with Gasteiger partial charge in [-0.15, -0.1) is 0 Å². The minimum Gasteiger partial charge on any atom is -0.293 e. The standard InChI is InChI=1S/C8H8BrNO/c1-6(9)8(11)7-3-2-4-10-5-7/h2-6H,1H3. The van der Waals surface area contributed by atoms with Gasteiger partial charge in [0.2, 0.25) is 0 Å². The summed E-state index contributed by atoms with van der Waals surface area (Å²) in [7, 11) is 0. The molecular weight excluding hydrogens is 206 g/mol. The number of hydrogen-bond donors (Lipinski definition) is 0. The molecule has 1 aromatic heterocycles. The molecule has 0 aliphatic carbocycles. The topological polar surface area (TPSA) is 30.0 Å². The maximum absolute atomic E-state index is 11.3. The number of Topliss-reactive ketones (excluding diaryl/α,β-unsaturated/α-hetero) is 1. The molecule has 2 nitrogen and oxygen atoms in total. The summed E-state index contributed by atoms with van der Waals surface area (Å²) in [5, 5.41) is 0. The molecule has 0 saturated heterocycles. The van der Waals surface area contributed by atoms with Crippen LogP contribution in [0.15, 0.2) is 24.5 Å². The van der Waals surface area contributed by atoms with E-state index in [1.165, 1.54) is 0 Å². The van der Waals surface area contributed by atoms with Crippen molar-refractivity contribution >= 4 is 21.7 Å². The SMILES string of the molecule is CC(Br)C(=O)c1cccnc1. The van der Waals surface area contributed by atoms with Gasteiger partial charge in [-0.25, -0.2) is 0 Å². The van der Waals surface area contributed by atoms with Crippen LogP contribution in [0.4, 0.5) is 0 Å². The Labute approximate surface area is 73.8 Å². The molecule has 0 amide bonds. The van der Waals surface area contributed by atoms with Crippen LogP contribution in [0.3, 0.4) is 0 Å². The van der Waals surface area contributed by atoms with Crippen LogP contribution in [0.1, 0.15) is 17.3 Å². The van der Waals surface area contributed by atoms with E-state index in [2.05, 4.69) is 20.9 Å². The predicted octanol–water partition coefficient (Wildman–Crippen LogP) is 2.05. The summed E-state index contributed by atoms with van der Waals surface area (Å²) in [4.78, 5) is 15.0. The van der Waals surface area contributed by atoms with Crippen LogP contribution in [0.5, 0.6) is 0 Å². The highest BCUT2D eigenvalue weighted by Gasteiger charge is 2.10. The van der Waals surface area contributed by atoms with Gasteiger partial charge in [-0.3, -0.25) is 9.78 Å². The molecule has 0 bridgehead atoms. The summed E-state index contributed by atoms with van der Waals surface area (Å²) in [5.41, 5.74) is 0.650. The normalized spacial score (nSPS) is 12.5. The second-order valence-corrected chi connectivity index (χ2v) is 3.60. The fourth-order valence-corrected chi connectivity index (χ4v) is 1.00. The van der Waals surface area contributed by atoms with Crippen LogP contribution in [-0.4, -0.2) is 15.6 Å². The van der Waals surface area contributed by atoms with E-state index >= 15 is 0 Å². The van der Waals surface area contributed by atoms with E-state index in [-0.39, 0.29) is 10.6 Å². The largest absolute Gasteiger partial charge is 0.293 e. The van der Waals surface area contributed by atoms with Crippen LogP contribution in [-0.2, 0) is 0 Å². The molecule has 0 N–H and O–H groups in total. The number of aromatic nitrogens is 1. The Hall–Kier alpha value is -0.700. The van der Waals surface area contributed by atoms with Gasteiger partial charge in [-0.2, -0.15) is 0 Å². The number of ketones is 1. The van der Waals surface area contributed by atoms with Gasteiger partial charge in [-0.1, -0.05) is 15.9 Å². The van der Waals surface area contributed by atoms with Crippen molar-refractivity contribution in [2.45, 2.75) is 11.8 Å². The van der Waals surface area contributed by atoms with Gasteiger partial charge in [0.05, 0.1) is 4.83 Å². The Balaban J connectivity index is 2.86. The lowest BCUT2D eigenvalue weighted by molar-refractivity contribution is 0.0995. The summed E-state index contributed by atoms with van der Waals surface area (Å²) in [5.74, 6) is 0.0677. The summed E-state index contributed by atoms with van der Waals surface area (Å²) < 4.78 is 0. The van der Waals surface area contributed by atoms with Gasteiger partial charge >= 0.3 is 0 Å². The average Bonchev–Trinajstić information content (AvgIpc) is 2.05. The third kappa shape index (κ3) is 2.12. The van der Waals surface area contributed by atoms with E-state index in [0.29, 0.717) is 5.56 Å². The smallest absolute Gasteiger partial charge is 0.177 e. The van der Waals surface area contributed by atoms with Gasteiger partial charge in [0.25, 0.3) is 0 Å². The van der Waals surface area contributed by atoms with Crippen molar-refractivity contribution in [3.05, 3.63) is 30.1 Å². The van der Waals surface area contributed by atoms with Gasteiger partial charge in [0, 0.05) is 18.0 Å². The lowest BCUT2D eigenvalue weighted by atomic mass is 10.1. The first-order chi connectivity index (χ1) is 5.22. The maximum atomic E-state index is 11.3. The number of alkyl halides is 1. The number of hydrogen-bond acceptors (Lipinski definition) is 2. The van der Waals surface area contributed by atoms with Crippen molar-refractivity contribution in [3.63, 3.8) is 0 Å². The van der Waals surface area contributed by atoms with Crippen LogP contribution < -0.4 is 0 Å². The average molecular weight is 214 g/mol. The number of carbonyl (C=O) groups is 1. The minimum atomic E-state index is -0.133. The lowest BCUT2D eigenvalue weighted by Crippen LogP contribution is -2.09. The number of halogens is 1. The van der Waals surface area contributed by atoms with E-state index in [4.69, 9.17) is 0 Å². The molecule has 58 valence electrons. The fourth-order valence-electron chi connectivity index (χ4n) is 0.738. The molecule has 0 aliphatic heterocycles. The highest BCUT2D eigenvalue weighted by Crippen LogP contribution is 2.07. The second kappa shape index (κ2) is 3.62. The van der Waals surface area contributed by atoms with Gasteiger partial charge in [0.15, 0.2) is 5.78 Å². The van der Waals surface area contributed by atoms with Crippen molar-refractivity contribution in [1.29, 1.82) is 0 Å². The first-order valence-electron chi connectivity index (χ1n) is 3.30. The highest BCUT2D eigenvalue weighted by molar-refractivity contribution is 9.10. The van der Waals surface area contributed by atoms with Crippen LogP contribution in [0.25, 0.3) is 0 Å². The van der Waals surface area contributed by atoms with Crippen molar-refractivity contribution in [1.82, 2.24) is 4.98 Å². The highest BCUT2D eigenvalue weighted by atomic mass is 79.9. The molecule has 1 heterocycles. The van der Waals surface area contributed by atoms with E-state index < -0.39 is 0 Å². The van der Waals surface area contributed by atoms with Crippen molar-refractivity contribution in [2.24, 2.45) is 0 Å². The van der Waals surface area contributed by atoms with Crippen molar-refractivity contribution in [2.75, 3.05) is 0 Å². The van der Waals surface area contributed by atoms with Crippen LogP contribution >= 0.6 is 15.9 Å². The number of nitrogens with zero attached hydrogens (tertiary/aromatic N) is 1. The molecule has 0 aromatic carbocycles.